The standard InChI is InChI=1S/C19H18N2O2/c1-13-8-16(9-14(2)18(13)22)10-17(11-20)19(23)21-12-15-6-4-3-5-7-15/h3-10,22H,12H2,1-2H3,(H,21,23). The molecule has 0 fully saturated rings. The van der Waals surface area contributed by atoms with Crippen LogP contribution < -0.4 is 5.32 Å². The highest BCUT2D eigenvalue weighted by atomic mass is 16.3. The van der Waals surface area contributed by atoms with Gasteiger partial charge in [-0.2, -0.15) is 5.26 Å². The number of phenolic OH excluding ortho intramolecular Hbond substituents is 1. The van der Waals surface area contributed by atoms with Crippen LogP contribution in [-0.4, -0.2) is 11.0 Å². The fraction of sp³-hybridized carbons (Fsp3) is 0.158. The van der Waals surface area contributed by atoms with Crippen LogP contribution in [0.2, 0.25) is 0 Å². The lowest BCUT2D eigenvalue weighted by molar-refractivity contribution is -0.117. The summed E-state index contributed by atoms with van der Waals surface area (Å²) in [4.78, 5) is 12.1. The summed E-state index contributed by atoms with van der Waals surface area (Å²) < 4.78 is 0. The summed E-state index contributed by atoms with van der Waals surface area (Å²) in [5, 5.41) is 21.7. The molecule has 0 radical (unpaired) electrons. The normalized spacial score (nSPS) is 10.9. The molecule has 0 aromatic heterocycles. The molecule has 4 heteroatoms. The number of phenols is 1. The summed E-state index contributed by atoms with van der Waals surface area (Å²) >= 11 is 0. The molecule has 0 bridgehead atoms. The van der Waals surface area contributed by atoms with Crippen molar-refractivity contribution in [1.29, 1.82) is 5.26 Å². The van der Waals surface area contributed by atoms with E-state index >= 15 is 0 Å². The van der Waals surface area contributed by atoms with Crippen LogP contribution in [-0.2, 0) is 11.3 Å². The topological polar surface area (TPSA) is 73.1 Å². The number of nitrogens with one attached hydrogen (secondary N) is 1. The lowest BCUT2D eigenvalue weighted by Crippen LogP contribution is -2.23. The minimum atomic E-state index is -0.417. The Bertz CT molecular complexity index is 764. The quantitative estimate of drug-likeness (QED) is 0.673. The summed E-state index contributed by atoms with van der Waals surface area (Å²) in [6.07, 6.45) is 1.53. The van der Waals surface area contributed by atoms with Crippen molar-refractivity contribution in [3.05, 3.63) is 70.3 Å². The van der Waals surface area contributed by atoms with Crippen molar-refractivity contribution < 1.29 is 9.90 Å². The number of benzene rings is 2. The molecular formula is C19H18N2O2. The molecule has 0 atom stereocenters. The van der Waals surface area contributed by atoms with Crippen LogP contribution in [0.15, 0.2) is 48.0 Å². The second kappa shape index (κ2) is 7.28. The lowest BCUT2D eigenvalue weighted by Gasteiger charge is -2.07. The van der Waals surface area contributed by atoms with Gasteiger partial charge in [0.15, 0.2) is 0 Å². The van der Waals surface area contributed by atoms with E-state index in [9.17, 15) is 15.2 Å². The number of hydrogen-bond donors (Lipinski definition) is 2. The molecule has 23 heavy (non-hydrogen) atoms. The molecule has 0 saturated heterocycles. The summed E-state index contributed by atoms with van der Waals surface area (Å²) in [5.74, 6) is -0.186. The molecule has 2 N–H and O–H groups in total. The molecule has 0 unspecified atom stereocenters. The van der Waals surface area contributed by atoms with Gasteiger partial charge in [-0.1, -0.05) is 30.3 Å². The number of aromatic hydroxyl groups is 1. The van der Waals surface area contributed by atoms with Crippen molar-refractivity contribution in [3.8, 4) is 11.8 Å². The second-order valence-electron chi connectivity index (χ2n) is 5.34. The van der Waals surface area contributed by atoms with E-state index in [0.29, 0.717) is 23.2 Å². The zero-order valence-electron chi connectivity index (χ0n) is 13.1. The number of nitriles is 1. The summed E-state index contributed by atoms with van der Waals surface area (Å²) in [6, 6.07) is 14.9. The van der Waals surface area contributed by atoms with Gasteiger partial charge in [-0.15, -0.1) is 0 Å². The molecule has 0 aliphatic rings. The van der Waals surface area contributed by atoms with Crippen molar-refractivity contribution in [3.63, 3.8) is 0 Å². The number of hydrogen-bond acceptors (Lipinski definition) is 3. The third-order valence-electron chi connectivity index (χ3n) is 3.49. The number of carbonyl (C=O) groups excluding carboxylic acids is 1. The second-order valence-corrected chi connectivity index (χ2v) is 5.34. The first-order valence-electron chi connectivity index (χ1n) is 7.25. The highest BCUT2D eigenvalue weighted by molar-refractivity contribution is 6.01. The Kier molecular flexibility index (Phi) is 5.16. The van der Waals surface area contributed by atoms with Crippen molar-refractivity contribution in [2.75, 3.05) is 0 Å². The molecule has 0 spiro atoms. The van der Waals surface area contributed by atoms with E-state index in [1.807, 2.05) is 36.4 Å². The van der Waals surface area contributed by atoms with E-state index in [4.69, 9.17) is 0 Å². The van der Waals surface area contributed by atoms with Crippen molar-refractivity contribution in [2.24, 2.45) is 0 Å². The molecule has 2 aromatic carbocycles. The largest absolute Gasteiger partial charge is 0.507 e. The maximum Gasteiger partial charge on any atom is 0.262 e. The Labute approximate surface area is 135 Å². The molecule has 0 heterocycles. The molecular weight excluding hydrogens is 288 g/mol. The molecule has 116 valence electrons. The van der Waals surface area contributed by atoms with Crippen molar-refractivity contribution in [2.45, 2.75) is 20.4 Å². The van der Waals surface area contributed by atoms with Gasteiger partial charge in [-0.05, 0) is 54.3 Å². The average molecular weight is 306 g/mol. The van der Waals surface area contributed by atoms with Gasteiger partial charge < -0.3 is 10.4 Å². The third-order valence-corrected chi connectivity index (χ3v) is 3.49. The zero-order valence-corrected chi connectivity index (χ0v) is 13.1. The van der Waals surface area contributed by atoms with Crippen molar-refractivity contribution in [1.82, 2.24) is 5.32 Å². The Morgan fingerprint density at radius 3 is 2.39 bits per heavy atom. The number of rotatable bonds is 4. The maximum atomic E-state index is 12.1. The average Bonchev–Trinajstić information content (AvgIpc) is 2.56. The summed E-state index contributed by atoms with van der Waals surface area (Å²) in [7, 11) is 0. The fourth-order valence-electron chi connectivity index (χ4n) is 2.26. The number of amides is 1. The van der Waals surface area contributed by atoms with Gasteiger partial charge in [-0.3, -0.25) is 4.79 Å². The minimum absolute atomic E-state index is 0.0328. The molecule has 2 aromatic rings. The Morgan fingerprint density at radius 1 is 1.22 bits per heavy atom. The monoisotopic (exact) mass is 306 g/mol. The molecule has 0 saturated carbocycles. The van der Waals surface area contributed by atoms with Gasteiger partial charge in [0, 0.05) is 6.54 Å². The first kappa shape index (κ1) is 16.3. The van der Waals surface area contributed by atoms with Gasteiger partial charge in [-0.25, -0.2) is 0 Å². The Balaban J connectivity index is 2.15. The van der Waals surface area contributed by atoms with E-state index in [-0.39, 0.29) is 11.3 Å². The van der Waals surface area contributed by atoms with Crippen LogP contribution in [0.5, 0.6) is 5.75 Å². The maximum absolute atomic E-state index is 12.1. The van der Waals surface area contributed by atoms with Crippen LogP contribution in [0.4, 0.5) is 0 Å². The summed E-state index contributed by atoms with van der Waals surface area (Å²) in [6.45, 7) is 3.93. The van der Waals surface area contributed by atoms with Crippen LogP contribution in [0.3, 0.4) is 0 Å². The fourth-order valence-corrected chi connectivity index (χ4v) is 2.26. The number of nitrogens with zero attached hydrogens (tertiary/aromatic N) is 1. The minimum Gasteiger partial charge on any atom is -0.507 e. The van der Waals surface area contributed by atoms with Gasteiger partial charge in [0.1, 0.15) is 17.4 Å². The zero-order chi connectivity index (χ0) is 16.8. The SMILES string of the molecule is Cc1cc(C=C(C#N)C(=O)NCc2ccccc2)cc(C)c1O. The number of aryl methyl sites for hydroxylation is 2. The van der Waals surface area contributed by atoms with Gasteiger partial charge in [0.05, 0.1) is 0 Å². The van der Waals surface area contributed by atoms with Crippen LogP contribution >= 0.6 is 0 Å². The van der Waals surface area contributed by atoms with Crippen molar-refractivity contribution >= 4 is 12.0 Å². The van der Waals surface area contributed by atoms with Crippen LogP contribution in [0.25, 0.3) is 6.08 Å². The smallest absolute Gasteiger partial charge is 0.262 e. The summed E-state index contributed by atoms with van der Waals surface area (Å²) in [5.41, 5.74) is 3.13. The van der Waals surface area contributed by atoms with Gasteiger partial charge in [0.2, 0.25) is 0 Å². The van der Waals surface area contributed by atoms with E-state index < -0.39 is 5.91 Å². The Hall–Kier alpha value is -3.06. The molecule has 0 aliphatic carbocycles. The van der Waals surface area contributed by atoms with E-state index in [0.717, 1.165) is 5.56 Å². The third kappa shape index (κ3) is 4.21. The predicted octanol–water partition coefficient (Wildman–Crippen LogP) is 3.23. The van der Waals surface area contributed by atoms with Gasteiger partial charge in [0.25, 0.3) is 5.91 Å². The molecule has 4 nitrogen and oxygen atoms in total. The first-order chi connectivity index (χ1) is 11.0. The predicted molar refractivity (Wildman–Crippen MR) is 89.5 cm³/mol. The van der Waals surface area contributed by atoms with E-state index in [2.05, 4.69) is 5.32 Å². The Morgan fingerprint density at radius 2 is 1.83 bits per heavy atom. The first-order valence-corrected chi connectivity index (χ1v) is 7.25. The molecule has 0 aliphatic heterocycles. The van der Waals surface area contributed by atoms with Gasteiger partial charge >= 0.3 is 0 Å². The lowest BCUT2D eigenvalue weighted by atomic mass is 10.0. The highest BCUT2D eigenvalue weighted by Crippen LogP contribution is 2.24. The van der Waals surface area contributed by atoms with E-state index in [1.54, 1.807) is 26.0 Å². The molecule has 1 amide bonds. The number of carbonyl (C=O) groups is 1. The van der Waals surface area contributed by atoms with Crippen LogP contribution in [0, 0.1) is 25.2 Å². The highest BCUT2D eigenvalue weighted by Gasteiger charge is 2.10. The van der Waals surface area contributed by atoms with Crippen LogP contribution in [0.1, 0.15) is 22.3 Å². The van der Waals surface area contributed by atoms with E-state index in [1.165, 1.54) is 6.08 Å². The molecule has 2 rings (SSSR count).